The number of benzene rings is 2. The molecular weight excluding hydrogens is 381 g/mol. The number of nitrogens with zero attached hydrogens (tertiary/aromatic N) is 3. The molecule has 0 spiro atoms. The van der Waals surface area contributed by atoms with Gasteiger partial charge in [0.25, 0.3) is 0 Å². The first-order valence-electron chi connectivity index (χ1n) is 10.3. The molecule has 1 saturated heterocycles. The molecule has 4 rings (SSSR count). The molecule has 30 heavy (non-hydrogen) atoms. The van der Waals surface area contributed by atoms with E-state index in [0.29, 0.717) is 43.1 Å². The zero-order valence-corrected chi connectivity index (χ0v) is 17.4. The summed E-state index contributed by atoms with van der Waals surface area (Å²) >= 11 is 0. The number of halogens is 1. The average molecular weight is 407 g/mol. The van der Waals surface area contributed by atoms with Crippen molar-refractivity contribution >= 4 is 11.6 Å². The Bertz CT molecular complexity index is 1040. The molecule has 2 aromatic carbocycles. The molecule has 5 nitrogen and oxygen atoms in total. The highest BCUT2D eigenvalue weighted by Gasteiger charge is 2.22. The Hall–Kier alpha value is -3.15. The van der Waals surface area contributed by atoms with E-state index >= 15 is 0 Å². The van der Waals surface area contributed by atoms with Crippen LogP contribution in [0.3, 0.4) is 0 Å². The number of aryl methyl sites for hydroxylation is 2. The fraction of sp³-hybridized carbons (Fsp3) is 0.333. The summed E-state index contributed by atoms with van der Waals surface area (Å²) < 4.78 is 19.5. The van der Waals surface area contributed by atoms with Gasteiger partial charge in [0.2, 0.25) is 5.91 Å². The van der Waals surface area contributed by atoms with E-state index in [4.69, 9.17) is 4.42 Å². The van der Waals surface area contributed by atoms with Crippen LogP contribution in [0.1, 0.15) is 23.4 Å². The number of aromatic nitrogens is 1. The summed E-state index contributed by atoms with van der Waals surface area (Å²) in [6.07, 6.45) is 2.26. The molecule has 0 saturated carbocycles. The Balaban J connectivity index is 1.31. The molecule has 0 aliphatic carbocycles. The fourth-order valence-corrected chi connectivity index (χ4v) is 3.86. The van der Waals surface area contributed by atoms with Gasteiger partial charge in [0.1, 0.15) is 5.82 Å². The van der Waals surface area contributed by atoms with Gasteiger partial charge in [0.05, 0.1) is 11.8 Å². The number of amides is 1. The van der Waals surface area contributed by atoms with Crippen molar-refractivity contribution in [2.75, 3.05) is 31.1 Å². The van der Waals surface area contributed by atoms with Crippen molar-refractivity contribution in [3.8, 4) is 11.3 Å². The lowest BCUT2D eigenvalue weighted by Gasteiger charge is -2.37. The summed E-state index contributed by atoms with van der Waals surface area (Å²) in [4.78, 5) is 21.1. The Morgan fingerprint density at radius 2 is 1.83 bits per heavy atom. The minimum absolute atomic E-state index is 0.0984. The molecule has 0 radical (unpaired) electrons. The SMILES string of the molecule is Cc1cccc(N2CCN(C(=O)CCc3ncc(-c4ccccc4F)o3)CC2)c1C. The van der Waals surface area contributed by atoms with E-state index in [2.05, 4.69) is 41.9 Å². The predicted octanol–water partition coefficient (Wildman–Crippen LogP) is 4.38. The van der Waals surface area contributed by atoms with Gasteiger partial charge in [-0.3, -0.25) is 4.79 Å². The quantitative estimate of drug-likeness (QED) is 0.630. The Morgan fingerprint density at radius 3 is 2.60 bits per heavy atom. The molecule has 1 fully saturated rings. The van der Waals surface area contributed by atoms with Crippen LogP contribution < -0.4 is 4.90 Å². The van der Waals surface area contributed by atoms with Crippen molar-refractivity contribution in [3.05, 3.63) is 71.5 Å². The summed E-state index contributed by atoms with van der Waals surface area (Å²) in [6.45, 7) is 7.34. The van der Waals surface area contributed by atoms with Crippen molar-refractivity contribution in [2.24, 2.45) is 0 Å². The molecular formula is C24H26FN3O2. The van der Waals surface area contributed by atoms with Crippen molar-refractivity contribution < 1.29 is 13.6 Å². The van der Waals surface area contributed by atoms with E-state index in [1.54, 1.807) is 18.2 Å². The van der Waals surface area contributed by atoms with Crippen molar-refractivity contribution in [3.63, 3.8) is 0 Å². The number of carbonyl (C=O) groups excluding carboxylic acids is 1. The highest BCUT2D eigenvalue weighted by atomic mass is 19.1. The van der Waals surface area contributed by atoms with Crippen LogP contribution in [-0.2, 0) is 11.2 Å². The number of piperazine rings is 1. The minimum Gasteiger partial charge on any atom is -0.441 e. The van der Waals surface area contributed by atoms with E-state index in [1.807, 2.05) is 4.90 Å². The molecule has 6 heteroatoms. The van der Waals surface area contributed by atoms with Gasteiger partial charge in [0.15, 0.2) is 11.7 Å². The average Bonchev–Trinajstić information content (AvgIpc) is 3.23. The van der Waals surface area contributed by atoms with Crippen molar-refractivity contribution in [1.82, 2.24) is 9.88 Å². The minimum atomic E-state index is -0.349. The van der Waals surface area contributed by atoms with Crippen LogP contribution in [0.2, 0.25) is 0 Å². The van der Waals surface area contributed by atoms with Gasteiger partial charge < -0.3 is 14.2 Å². The third kappa shape index (κ3) is 4.22. The topological polar surface area (TPSA) is 49.6 Å². The van der Waals surface area contributed by atoms with Crippen LogP contribution >= 0.6 is 0 Å². The van der Waals surface area contributed by atoms with Gasteiger partial charge in [-0.05, 0) is 43.2 Å². The third-order valence-electron chi connectivity index (χ3n) is 5.79. The Morgan fingerprint density at radius 1 is 1.07 bits per heavy atom. The zero-order valence-electron chi connectivity index (χ0n) is 17.4. The first kappa shape index (κ1) is 20.1. The van der Waals surface area contributed by atoms with Gasteiger partial charge in [-0.1, -0.05) is 24.3 Å². The first-order valence-corrected chi connectivity index (χ1v) is 10.3. The first-order chi connectivity index (χ1) is 14.5. The largest absolute Gasteiger partial charge is 0.441 e. The lowest BCUT2D eigenvalue weighted by Crippen LogP contribution is -2.49. The second kappa shape index (κ2) is 8.69. The summed E-state index contributed by atoms with van der Waals surface area (Å²) in [5.74, 6) is 0.590. The molecule has 0 atom stereocenters. The maximum absolute atomic E-state index is 13.9. The molecule has 0 bridgehead atoms. The van der Waals surface area contributed by atoms with Crippen LogP contribution in [0.25, 0.3) is 11.3 Å². The lowest BCUT2D eigenvalue weighted by atomic mass is 10.1. The number of carbonyl (C=O) groups is 1. The van der Waals surface area contributed by atoms with Crippen molar-refractivity contribution in [1.29, 1.82) is 0 Å². The molecule has 1 aliphatic heterocycles. The molecule has 1 aliphatic rings. The number of oxazole rings is 1. The van der Waals surface area contributed by atoms with Gasteiger partial charge in [-0.2, -0.15) is 0 Å². The lowest BCUT2D eigenvalue weighted by molar-refractivity contribution is -0.131. The van der Waals surface area contributed by atoms with Crippen LogP contribution in [0.5, 0.6) is 0 Å². The van der Waals surface area contributed by atoms with Crippen LogP contribution in [0.15, 0.2) is 53.1 Å². The van der Waals surface area contributed by atoms with Gasteiger partial charge >= 0.3 is 0 Å². The van der Waals surface area contributed by atoms with Crippen LogP contribution in [0, 0.1) is 19.7 Å². The van der Waals surface area contributed by atoms with E-state index in [0.717, 1.165) is 13.1 Å². The molecule has 1 amide bonds. The second-order valence-corrected chi connectivity index (χ2v) is 7.68. The highest BCUT2D eigenvalue weighted by molar-refractivity contribution is 5.76. The van der Waals surface area contributed by atoms with E-state index < -0.39 is 0 Å². The molecule has 1 aromatic heterocycles. The van der Waals surface area contributed by atoms with Crippen LogP contribution in [-0.4, -0.2) is 42.0 Å². The third-order valence-corrected chi connectivity index (χ3v) is 5.79. The number of rotatable bonds is 5. The summed E-state index contributed by atoms with van der Waals surface area (Å²) in [5.41, 5.74) is 4.21. The second-order valence-electron chi connectivity index (χ2n) is 7.68. The van der Waals surface area contributed by atoms with E-state index in [1.165, 1.54) is 29.1 Å². The summed E-state index contributed by atoms with van der Waals surface area (Å²) in [6, 6.07) is 12.8. The van der Waals surface area contributed by atoms with Gasteiger partial charge in [-0.25, -0.2) is 9.37 Å². The maximum atomic E-state index is 13.9. The summed E-state index contributed by atoms with van der Waals surface area (Å²) in [5, 5.41) is 0. The highest BCUT2D eigenvalue weighted by Crippen LogP contribution is 2.25. The standard InChI is InChI=1S/C24H26FN3O2/c1-17-6-5-9-21(18(17)2)27-12-14-28(15-13-27)24(29)11-10-23-26-16-22(30-23)19-7-3-4-8-20(19)25/h3-9,16H,10-15H2,1-2H3. The molecule has 0 N–H and O–H groups in total. The normalized spacial score (nSPS) is 14.2. The van der Waals surface area contributed by atoms with Crippen molar-refractivity contribution in [2.45, 2.75) is 26.7 Å². The number of anilines is 1. The van der Waals surface area contributed by atoms with Gasteiger partial charge in [0, 0.05) is 44.7 Å². The monoisotopic (exact) mass is 407 g/mol. The molecule has 0 unspecified atom stereocenters. The molecule has 156 valence electrons. The predicted molar refractivity (Wildman–Crippen MR) is 115 cm³/mol. The van der Waals surface area contributed by atoms with E-state index in [9.17, 15) is 9.18 Å². The fourth-order valence-electron chi connectivity index (χ4n) is 3.86. The van der Waals surface area contributed by atoms with Crippen LogP contribution in [0.4, 0.5) is 10.1 Å². The smallest absolute Gasteiger partial charge is 0.223 e. The zero-order chi connectivity index (χ0) is 21.1. The van der Waals surface area contributed by atoms with Gasteiger partial charge in [-0.15, -0.1) is 0 Å². The molecule has 2 heterocycles. The Kier molecular flexibility index (Phi) is 5.84. The molecule has 3 aromatic rings. The number of hydrogen-bond acceptors (Lipinski definition) is 4. The maximum Gasteiger partial charge on any atom is 0.223 e. The number of hydrogen-bond donors (Lipinski definition) is 0. The Labute approximate surface area is 176 Å². The summed E-state index contributed by atoms with van der Waals surface area (Å²) in [7, 11) is 0. The van der Waals surface area contributed by atoms with E-state index in [-0.39, 0.29) is 11.7 Å².